The molecule has 28 heavy (non-hydrogen) atoms. The van der Waals surface area contributed by atoms with Gasteiger partial charge in [0.1, 0.15) is 11.5 Å². The van der Waals surface area contributed by atoms with Gasteiger partial charge in [0, 0.05) is 24.1 Å². The predicted molar refractivity (Wildman–Crippen MR) is 106 cm³/mol. The number of hydrogen-bond donors (Lipinski definition) is 0. The van der Waals surface area contributed by atoms with E-state index in [1.165, 1.54) is 6.42 Å². The number of ether oxygens (including phenoxy) is 2. The normalized spacial score (nSPS) is 17.4. The number of nitrogens with zero attached hydrogens (tertiary/aromatic N) is 3. The summed E-state index contributed by atoms with van der Waals surface area (Å²) in [7, 11) is 1.67. The van der Waals surface area contributed by atoms with Crippen LogP contribution in [0, 0.1) is 5.92 Å². The molecule has 1 atom stereocenters. The van der Waals surface area contributed by atoms with Crippen molar-refractivity contribution >= 4 is 0 Å². The van der Waals surface area contributed by atoms with Gasteiger partial charge < -0.3 is 14.0 Å². The maximum Gasteiger partial charge on any atom is 0.241 e. The summed E-state index contributed by atoms with van der Waals surface area (Å²) in [4.78, 5) is 6.91. The van der Waals surface area contributed by atoms with E-state index in [4.69, 9.17) is 14.0 Å². The zero-order chi connectivity index (χ0) is 19.2. The van der Waals surface area contributed by atoms with Crippen molar-refractivity contribution in [2.45, 2.75) is 19.4 Å². The molecule has 4 rings (SSSR count). The Balaban J connectivity index is 1.31. The van der Waals surface area contributed by atoms with Gasteiger partial charge in [0.05, 0.1) is 20.3 Å². The van der Waals surface area contributed by atoms with Crippen LogP contribution in [0.5, 0.6) is 11.5 Å². The maximum absolute atomic E-state index is 5.99. The molecule has 1 aromatic heterocycles. The highest BCUT2D eigenvalue weighted by atomic mass is 16.5. The largest absolute Gasteiger partial charge is 0.497 e. The molecule has 0 amide bonds. The average molecular weight is 379 g/mol. The fourth-order valence-corrected chi connectivity index (χ4v) is 3.55. The molecule has 1 unspecified atom stereocenters. The number of hydrogen-bond acceptors (Lipinski definition) is 6. The maximum atomic E-state index is 5.99. The van der Waals surface area contributed by atoms with Crippen LogP contribution < -0.4 is 9.47 Å². The smallest absolute Gasteiger partial charge is 0.241 e. The van der Waals surface area contributed by atoms with Crippen LogP contribution in [-0.2, 0) is 6.54 Å². The summed E-state index contributed by atoms with van der Waals surface area (Å²) in [5, 5.41) is 4.11. The van der Waals surface area contributed by atoms with Crippen LogP contribution in [0.25, 0.3) is 11.4 Å². The Bertz CT molecular complexity index is 881. The second-order valence-electron chi connectivity index (χ2n) is 7.11. The van der Waals surface area contributed by atoms with Crippen molar-refractivity contribution in [3.05, 3.63) is 60.5 Å². The minimum Gasteiger partial charge on any atom is -0.497 e. The van der Waals surface area contributed by atoms with Crippen molar-refractivity contribution < 1.29 is 14.0 Å². The predicted octanol–water partition coefficient (Wildman–Crippen LogP) is 4.04. The lowest BCUT2D eigenvalue weighted by atomic mass is 9.99. The first-order valence-electron chi connectivity index (χ1n) is 9.67. The summed E-state index contributed by atoms with van der Waals surface area (Å²) in [5.74, 6) is 3.45. The monoisotopic (exact) mass is 379 g/mol. The van der Waals surface area contributed by atoms with Crippen LogP contribution in [0.4, 0.5) is 0 Å². The van der Waals surface area contributed by atoms with E-state index in [1.807, 2.05) is 54.6 Å². The Morgan fingerprint density at radius 3 is 2.82 bits per heavy atom. The second-order valence-corrected chi connectivity index (χ2v) is 7.11. The summed E-state index contributed by atoms with van der Waals surface area (Å²) in [6.45, 7) is 3.38. The Kier molecular flexibility index (Phi) is 5.87. The topological polar surface area (TPSA) is 60.6 Å². The standard InChI is InChI=1S/C22H25N3O3/c1-26-19-10-5-11-20(13-19)27-16-17-7-6-12-25(14-17)15-21-23-22(24-28-21)18-8-3-2-4-9-18/h2-5,8-11,13,17H,6-7,12,14-16H2,1H3. The highest BCUT2D eigenvalue weighted by Crippen LogP contribution is 2.23. The molecule has 0 N–H and O–H groups in total. The molecule has 6 heteroatoms. The number of aromatic nitrogens is 2. The number of likely N-dealkylation sites (tertiary alicyclic amines) is 1. The van der Waals surface area contributed by atoms with Gasteiger partial charge in [-0.05, 0) is 31.5 Å². The molecule has 2 heterocycles. The zero-order valence-electron chi connectivity index (χ0n) is 16.1. The summed E-state index contributed by atoms with van der Waals surface area (Å²) in [6, 6.07) is 17.7. The Morgan fingerprint density at radius 1 is 1.11 bits per heavy atom. The minimum atomic E-state index is 0.483. The molecule has 146 valence electrons. The van der Waals surface area contributed by atoms with Gasteiger partial charge in [0.2, 0.25) is 11.7 Å². The fourth-order valence-electron chi connectivity index (χ4n) is 3.55. The van der Waals surface area contributed by atoms with Gasteiger partial charge in [0.25, 0.3) is 0 Å². The van der Waals surface area contributed by atoms with E-state index in [2.05, 4.69) is 15.0 Å². The first-order valence-corrected chi connectivity index (χ1v) is 9.67. The third kappa shape index (κ3) is 4.70. The average Bonchev–Trinajstić information content (AvgIpc) is 3.22. The molecule has 0 spiro atoms. The first kappa shape index (κ1) is 18.5. The van der Waals surface area contributed by atoms with Gasteiger partial charge in [0.15, 0.2) is 0 Å². The lowest BCUT2D eigenvalue weighted by Gasteiger charge is -2.31. The van der Waals surface area contributed by atoms with Crippen LogP contribution in [0.2, 0.25) is 0 Å². The van der Waals surface area contributed by atoms with Crippen molar-refractivity contribution in [3.63, 3.8) is 0 Å². The summed E-state index contributed by atoms with van der Waals surface area (Å²) < 4.78 is 16.7. The van der Waals surface area contributed by atoms with Crippen LogP contribution in [-0.4, -0.2) is 41.8 Å². The quantitative estimate of drug-likeness (QED) is 0.618. The number of rotatable bonds is 7. The van der Waals surface area contributed by atoms with Crippen LogP contribution >= 0.6 is 0 Å². The van der Waals surface area contributed by atoms with E-state index in [0.29, 0.717) is 30.8 Å². The van der Waals surface area contributed by atoms with Gasteiger partial charge in [-0.1, -0.05) is 41.6 Å². The fraction of sp³-hybridized carbons (Fsp3) is 0.364. The second kappa shape index (κ2) is 8.89. The lowest BCUT2D eigenvalue weighted by molar-refractivity contribution is 0.115. The van der Waals surface area contributed by atoms with Gasteiger partial charge in [-0.3, -0.25) is 4.90 Å². The molecule has 1 fully saturated rings. The molecule has 2 aromatic carbocycles. The Morgan fingerprint density at radius 2 is 1.96 bits per heavy atom. The molecular weight excluding hydrogens is 354 g/mol. The van der Waals surface area contributed by atoms with Gasteiger partial charge in [-0.25, -0.2) is 0 Å². The third-order valence-corrected chi connectivity index (χ3v) is 4.99. The molecule has 0 aliphatic carbocycles. The zero-order valence-corrected chi connectivity index (χ0v) is 16.1. The number of piperidine rings is 1. The summed E-state index contributed by atoms with van der Waals surface area (Å²) >= 11 is 0. The van der Waals surface area contributed by atoms with E-state index >= 15 is 0 Å². The highest BCUT2D eigenvalue weighted by molar-refractivity contribution is 5.53. The van der Waals surface area contributed by atoms with Crippen molar-refractivity contribution in [2.75, 3.05) is 26.8 Å². The van der Waals surface area contributed by atoms with Crippen molar-refractivity contribution in [2.24, 2.45) is 5.92 Å². The summed E-state index contributed by atoms with van der Waals surface area (Å²) in [5.41, 5.74) is 0.973. The van der Waals surface area contributed by atoms with Crippen molar-refractivity contribution in [1.82, 2.24) is 15.0 Å². The highest BCUT2D eigenvalue weighted by Gasteiger charge is 2.22. The first-order chi connectivity index (χ1) is 13.8. The van der Waals surface area contributed by atoms with Gasteiger partial charge >= 0.3 is 0 Å². The summed E-state index contributed by atoms with van der Waals surface area (Å²) in [6.07, 6.45) is 2.31. The van der Waals surface area contributed by atoms with Crippen LogP contribution in [0.15, 0.2) is 59.1 Å². The molecule has 1 aliphatic rings. The van der Waals surface area contributed by atoms with E-state index < -0.39 is 0 Å². The molecule has 3 aromatic rings. The van der Waals surface area contributed by atoms with Crippen LogP contribution in [0.1, 0.15) is 18.7 Å². The van der Waals surface area contributed by atoms with Crippen molar-refractivity contribution in [1.29, 1.82) is 0 Å². The molecule has 1 saturated heterocycles. The molecule has 0 bridgehead atoms. The Hall–Kier alpha value is -2.86. The molecule has 0 saturated carbocycles. The lowest BCUT2D eigenvalue weighted by Crippen LogP contribution is -2.37. The Labute approximate surface area is 165 Å². The third-order valence-electron chi connectivity index (χ3n) is 4.99. The SMILES string of the molecule is COc1cccc(OCC2CCCN(Cc3nc(-c4ccccc4)no3)C2)c1. The molecule has 0 radical (unpaired) electrons. The van der Waals surface area contributed by atoms with E-state index in [9.17, 15) is 0 Å². The van der Waals surface area contributed by atoms with Gasteiger partial charge in [-0.15, -0.1) is 0 Å². The van der Waals surface area contributed by atoms with E-state index in [1.54, 1.807) is 7.11 Å². The number of benzene rings is 2. The molecule has 6 nitrogen and oxygen atoms in total. The van der Waals surface area contributed by atoms with Gasteiger partial charge in [-0.2, -0.15) is 4.98 Å². The number of methoxy groups -OCH3 is 1. The molecular formula is C22H25N3O3. The van der Waals surface area contributed by atoms with Crippen LogP contribution in [0.3, 0.4) is 0 Å². The van der Waals surface area contributed by atoms with Crippen molar-refractivity contribution in [3.8, 4) is 22.9 Å². The van der Waals surface area contributed by atoms with E-state index in [0.717, 1.165) is 36.6 Å². The van der Waals surface area contributed by atoms with E-state index in [-0.39, 0.29) is 0 Å². The minimum absolute atomic E-state index is 0.483. The molecule has 1 aliphatic heterocycles.